The van der Waals surface area contributed by atoms with Gasteiger partial charge in [-0.05, 0) is 25.1 Å². The smallest absolute Gasteiger partial charge is 0.251 e. The predicted octanol–water partition coefficient (Wildman–Crippen LogP) is 2.52. The van der Waals surface area contributed by atoms with Gasteiger partial charge in [-0.15, -0.1) is 17.8 Å². The molecule has 0 spiro atoms. The van der Waals surface area contributed by atoms with Crippen molar-refractivity contribution in [2.24, 2.45) is 11.8 Å². The number of carbonyl (C=O) groups excluding carboxylic acids is 3. The molecule has 3 saturated heterocycles. The number of rotatable bonds is 8. The van der Waals surface area contributed by atoms with Crippen molar-refractivity contribution in [1.82, 2.24) is 20.1 Å². The predicted molar refractivity (Wildman–Crippen MR) is 155 cm³/mol. The van der Waals surface area contributed by atoms with E-state index in [2.05, 4.69) is 28.1 Å². The van der Waals surface area contributed by atoms with E-state index in [1.807, 2.05) is 31.4 Å². The van der Waals surface area contributed by atoms with E-state index >= 15 is 0 Å². The van der Waals surface area contributed by atoms with Crippen LogP contribution in [0.1, 0.15) is 37.0 Å². The van der Waals surface area contributed by atoms with Crippen molar-refractivity contribution in [3.8, 4) is 23.6 Å². The second-order valence-electron chi connectivity index (χ2n) is 10.9. The Labute approximate surface area is 239 Å². The van der Waals surface area contributed by atoms with Crippen LogP contribution < -0.4 is 10.2 Å². The minimum Gasteiger partial charge on any atom is -0.366 e. The number of ether oxygens (including phenoxy) is 1. The number of piperazine rings is 1. The largest absolute Gasteiger partial charge is 0.366 e. The summed E-state index contributed by atoms with van der Waals surface area (Å²) in [6.07, 6.45) is 6.62. The summed E-state index contributed by atoms with van der Waals surface area (Å²) >= 11 is 1.63. The molecule has 0 saturated carbocycles. The molecular formula is C30H37N5O4S. The van der Waals surface area contributed by atoms with Gasteiger partial charge in [-0.2, -0.15) is 0 Å². The molecular weight excluding hydrogens is 526 g/mol. The average Bonchev–Trinajstić information content (AvgIpc) is 3.70. The summed E-state index contributed by atoms with van der Waals surface area (Å²) in [6.45, 7) is 8.17. The van der Waals surface area contributed by atoms with Crippen LogP contribution in [0.5, 0.6) is 0 Å². The van der Waals surface area contributed by atoms with E-state index in [9.17, 15) is 14.4 Å². The van der Waals surface area contributed by atoms with E-state index in [0.29, 0.717) is 18.4 Å². The molecule has 1 N–H and O–H groups in total. The Kier molecular flexibility index (Phi) is 8.54. The number of carbonyl (C=O) groups is 3. The first kappa shape index (κ1) is 28.3. The second-order valence-corrected chi connectivity index (χ2v) is 11.7. The topological polar surface area (TPSA) is 95.1 Å². The molecule has 3 aliphatic rings. The minimum atomic E-state index is -0.766. The van der Waals surface area contributed by atoms with E-state index in [0.717, 1.165) is 42.6 Å². The van der Waals surface area contributed by atoms with Gasteiger partial charge in [0.15, 0.2) is 10.9 Å². The van der Waals surface area contributed by atoms with Gasteiger partial charge >= 0.3 is 0 Å². The zero-order chi connectivity index (χ0) is 28.4. The molecule has 2 aromatic rings. The van der Waals surface area contributed by atoms with Crippen LogP contribution in [-0.2, 0) is 14.3 Å². The number of ketones is 1. The molecule has 212 valence electrons. The molecule has 9 nitrogen and oxygen atoms in total. The van der Waals surface area contributed by atoms with Gasteiger partial charge in [-0.1, -0.05) is 44.7 Å². The van der Waals surface area contributed by atoms with Gasteiger partial charge < -0.3 is 24.8 Å². The van der Waals surface area contributed by atoms with Crippen LogP contribution in [0, 0.1) is 24.2 Å². The molecule has 1 aromatic heterocycles. The third-order valence-corrected chi connectivity index (χ3v) is 9.36. The molecule has 0 radical (unpaired) electrons. The zero-order valence-electron chi connectivity index (χ0n) is 23.3. The molecule has 1 aromatic carbocycles. The SMILES string of the molecule is C#CC1CN(C(=O)C(NC(=O)c2ccc(-c3csc(N4CCN(C)CC4)n3)cc2)C(CC)CC)C2C(=O)COC12. The molecule has 4 unspecified atom stereocenters. The number of amides is 2. The number of hydrogen-bond acceptors (Lipinski definition) is 8. The Morgan fingerprint density at radius 1 is 1.18 bits per heavy atom. The Morgan fingerprint density at radius 2 is 1.88 bits per heavy atom. The van der Waals surface area contributed by atoms with Crippen molar-refractivity contribution in [3.63, 3.8) is 0 Å². The summed E-state index contributed by atoms with van der Waals surface area (Å²) in [7, 11) is 2.13. The normalized spacial score (nSPS) is 23.8. The fourth-order valence-electron chi connectivity index (χ4n) is 5.91. The van der Waals surface area contributed by atoms with Crippen LogP contribution in [0.2, 0.25) is 0 Å². The van der Waals surface area contributed by atoms with Crippen LogP contribution in [0.25, 0.3) is 11.3 Å². The first-order valence-electron chi connectivity index (χ1n) is 14.1. The lowest BCUT2D eigenvalue weighted by Crippen LogP contribution is -2.55. The number of likely N-dealkylation sites (N-methyl/N-ethyl adjacent to an activating group) is 1. The number of Topliss-reactive ketones (excluding diaryl/α,β-unsaturated/α-hetero) is 1. The van der Waals surface area contributed by atoms with Gasteiger partial charge in [0.1, 0.15) is 24.8 Å². The van der Waals surface area contributed by atoms with Crippen LogP contribution in [-0.4, -0.2) is 96.9 Å². The number of fused-ring (bicyclic) bond motifs is 1. The molecule has 0 bridgehead atoms. The molecule has 3 fully saturated rings. The van der Waals surface area contributed by atoms with E-state index in [1.165, 1.54) is 4.90 Å². The first-order chi connectivity index (χ1) is 19.3. The van der Waals surface area contributed by atoms with Gasteiger partial charge in [-0.3, -0.25) is 14.4 Å². The third kappa shape index (κ3) is 5.51. The zero-order valence-corrected chi connectivity index (χ0v) is 24.2. The highest BCUT2D eigenvalue weighted by atomic mass is 32.1. The molecule has 0 aliphatic carbocycles. The summed E-state index contributed by atoms with van der Waals surface area (Å²) in [6, 6.07) is 5.87. The van der Waals surface area contributed by atoms with Crippen molar-refractivity contribution in [3.05, 3.63) is 35.2 Å². The summed E-state index contributed by atoms with van der Waals surface area (Å²) < 4.78 is 5.62. The summed E-state index contributed by atoms with van der Waals surface area (Å²) in [5, 5.41) is 6.05. The Morgan fingerprint density at radius 3 is 2.52 bits per heavy atom. The first-order valence-corrected chi connectivity index (χ1v) is 14.9. The highest BCUT2D eigenvalue weighted by Gasteiger charge is 2.53. The quantitative estimate of drug-likeness (QED) is 0.494. The number of nitrogens with zero attached hydrogens (tertiary/aromatic N) is 4. The van der Waals surface area contributed by atoms with Gasteiger partial charge in [0, 0.05) is 49.2 Å². The lowest BCUT2D eigenvalue weighted by atomic mass is 9.92. The Hall–Kier alpha value is -3.26. The van der Waals surface area contributed by atoms with E-state index in [1.54, 1.807) is 23.5 Å². The molecule has 3 aliphatic heterocycles. The van der Waals surface area contributed by atoms with Crippen molar-refractivity contribution in [2.75, 3.05) is 51.3 Å². The molecule has 2 amide bonds. The Bertz CT molecular complexity index is 1280. The number of benzene rings is 1. The van der Waals surface area contributed by atoms with Crippen LogP contribution in [0.4, 0.5) is 5.13 Å². The molecule has 10 heteroatoms. The third-order valence-electron chi connectivity index (χ3n) is 8.46. The highest BCUT2D eigenvalue weighted by molar-refractivity contribution is 7.14. The van der Waals surface area contributed by atoms with Crippen molar-refractivity contribution < 1.29 is 19.1 Å². The maximum atomic E-state index is 13.8. The summed E-state index contributed by atoms with van der Waals surface area (Å²) in [5.41, 5.74) is 2.28. The fourth-order valence-corrected chi connectivity index (χ4v) is 6.79. The summed E-state index contributed by atoms with van der Waals surface area (Å²) in [4.78, 5) is 50.8. The van der Waals surface area contributed by atoms with Crippen molar-refractivity contribution in [2.45, 2.75) is 44.9 Å². The summed E-state index contributed by atoms with van der Waals surface area (Å²) in [5.74, 6) is 1.51. The lowest BCUT2D eigenvalue weighted by molar-refractivity contribution is -0.139. The van der Waals surface area contributed by atoms with Gasteiger partial charge in [-0.25, -0.2) is 4.98 Å². The molecule has 40 heavy (non-hydrogen) atoms. The average molecular weight is 564 g/mol. The van der Waals surface area contributed by atoms with Gasteiger partial charge in [0.05, 0.1) is 11.6 Å². The minimum absolute atomic E-state index is 0.0402. The second kappa shape index (κ2) is 12.1. The van der Waals surface area contributed by atoms with Crippen molar-refractivity contribution in [1.29, 1.82) is 0 Å². The van der Waals surface area contributed by atoms with Gasteiger partial charge in [0.2, 0.25) is 5.91 Å². The number of hydrogen-bond donors (Lipinski definition) is 1. The van der Waals surface area contributed by atoms with Gasteiger partial charge in [0.25, 0.3) is 5.91 Å². The maximum Gasteiger partial charge on any atom is 0.251 e. The van der Waals surface area contributed by atoms with Crippen LogP contribution in [0.3, 0.4) is 0 Å². The molecule has 4 heterocycles. The number of nitrogens with one attached hydrogen (secondary N) is 1. The number of anilines is 1. The van der Waals surface area contributed by atoms with E-state index in [-0.39, 0.29) is 42.6 Å². The number of terminal acetylenes is 1. The number of aromatic nitrogens is 1. The van der Waals surface area contributed by atoms with Crippen LogP contribution in [0.15, 0.2) is 29.6 Å². The standard InChI is InChI=1S/C30H37N5O4S/c1-5-19(6-2)25(29(38)35-16-20(7-3)27-26(35)24(36)17-39-27)32-28(37)22-10-8-21(9-11-22)23-18-40-30(31-23)34-14-12-33(4)13-15-34/h3,8-11,18-20,25-27H,5-6,12-17H2,1-2,4H3,(H,32,37). The molecule has 5 rings (SSSR count). The number of thiazole rings is 1. The molecule has 4 atom stereocenters. The van der Waals surface area contributed by atoms with Crippen LogP contribution >= 0.6 is 11.3 Å². The maximum absolute atomic E-state index is 13.8. The lowest BCUT2D eigenvalue weighted by Gasteiger charge is -2.32. The highest BCUT2D eigenvalue weighted by Crippen LogP contribution is 2.33. The number of likely N-dealkylation sites (tertiary alicyclic amines) is 1. The monoisotopic (exact) mass is 563 g/mol. The van der Waals surface area contributed by atoms with Crippen molar-refractivity contribution >= 4 is 34.1 Å². The Balaban J connectivity index is 1.29. The van der Waals surface area contributed by atoms with E-state index < -0.39 is 18.2 Å². The fraction of sp³-hybridized carbons (Fsp3) is 0.533. The van der Waals surface area contributed by atoms with E-state index in [4.69, 9.17) is 16.1 Å².